The largest absolute Gasteiger partial charge is 0.481 e. The lowest BCUT2D eigenvalue weighted by molar-refractivity contribution is -0.128. The Hall–Kier alpha value is -2.80. The Bertz CT molecular complexity index is 730. The molecule has 24 heavy (non-hydrogen) atoms. The van der Waals surface area contributed by atoms with Crippen molar-refractivity contribution in [1.29, 1.82) is 5.26 Å². The second-order valence-electron chi connectivity index (χ2n) is 6.13. The Balaban J connectivity index is 1.63. The summed E-state index contributed by atoms with van der Waals surface area (Å²) in [4.78, 5) is 12.5. The number of hydrogen-bond acceptors (Lipinski definition) is 3. The van der Waals surface area contributed by atoms with Gasteiger partial charge in [-0.05, 0) is 55.5 Å². The fraction of sp³-hybridized carbons (Fsp3) is 0.300. The van der Waals surface area contributed by atoms with E-state index in [4.69, 9.17) is 10.00 Å². The van der Waals surface area contributed by atoms with Crippen molar-refractivity contribution >= 4 is 5.91 Å². The van der Waals surface area contributed by atoms with Crippen LogP contribution in [0.4, 0.5) is 0 Å². The first-order valence-corrected chi connectivity index (χ1v) is 8.19. The fourth-order valence-corrected chi connectivity index (χ4v) is 2.70. The molecule has 1 amide bonds. The van der Waals surface area contributed by atoms with Crippen molar-refractivity contribution in [3.63, 3.8) is 0 Å². The average molecular weight is 320 g/mol. The van der Waals surface area contributed by atoms with E-state index in [1.54, 1.807) is 31.2 Å². The molecule has 4 nitrogen and oxygen atoms in total. The molecule has 0 heterocycles. The van der Waals surface area contributed by atoms with Gasteiger partial charge in [-0.25, -0.2) is 0 Å². The number of rotatable bonds is 6. The van der Waals surface area contributed by atoms with Crippen LogP contribution in [0.5, 0.6) is 5.75 Å². The first-order valence-electron chi connectivity index (χ1n) is 8.19. The number of carbonyl (C=O) groups excluding carboxylic acids is 1. The number of amides is 1. The van der Waals surface area contributed by atoms with E-state index in [1.165, 1.54) is 0 Å². The highest BCUT2D eigenvalue weighted by Gasteiger charge is 2.34. The number of hydrogen-bond donors (Lipinski definition) is 1. The highest BCUT2D eigenvalue weighted by atomic mass is 16.5. The molecule has 1 aliphatic rings. The Morgan fingerprint density at radius 1 is 1.17 bits per heavy atom. The summed E-state index contributed by atoms with van der Waals surface area (Å²) in [6, 6.07) is 18.9. The SMILES string of the molecule is C[C@@H](Oc1ccc(C#N)cc1)C(=O)N[C@@H](c1ccccc1)C1CC1. The molecule has 0 radical (unpaired) electrons. The van der Waals surface area contributed by atoms with E-state index in [0.717, 1.165) is 18.4 Å². The van der Waals surface area contributed by atoms with Crippen molar-refractivity contribution in [2.24, 2.45) is 5.92 Å². The van der Waals surface area contributed by atoms with Crippen LogP contribution in [0.15, 0.2) is 54.6 Å². The van der Waals surface area contributed by atoms with Crippen molar-refractivity contribution < 1.29 is 9.53 Å². The Kier molecular flexibility index (Phi) is 4.81. The summed E-state index contributed by atoms with van der Waals surface area (Å²) in [5.74, 6) is 0.970. The number of nitrogens with zero attached hydrogens (tertiary/aromatic N) is 1. The molecule has 4 heteroatoms. The monoisotopic (exact) mass is 320 g/mol. The maximum absolute atomic E-state index is 12.5. The molecule has 0 aliphatic heterocycles. The van der Waals surface area contributed by atoms with Crippen LogP contribution in [0, 0.1) is 17.2 Å². The number of ether oxygens (including phenoxy) is 1. The maximum atomic E-state index is 12.5. The van der Waals surface area contributed by atoms with Gasteiger partial charge in [-0.15, -0.1) is 0 Å². The number of nitrogens with one attached hydrogen (secondary N) is 1. The van der Waals surface area contributed by atoms with Gasteiger partial charge in [-0.3, -0.25) is 4.79 Å². The van der Waals surface area contributed by atoms with E-state index in [0.29, 0.717) is 17.2 Å². The van der Waals surface area contributed by atoms with E-state index in [9.17, 15) is 4.79 Å². The Morgan fingerprint density at radius 2 is 1.83 bits per heavy atom. The minimum absolute atomic E-state index is 0.0470. The van der Waals surface area contributed by atoms with Gasteiger partial charge in [0.15, 0.2) is 6.10 Å². The first kappa shape index (κ1) is 16.1. The quantitative estimate of drug-likeness (QED) is 0.884. The number of benzene rings is 2. The smallest absolute Gasteiger partial charge is 0.261 e. The van der Waals surface area contributed by atoms with E-state index in [2.05, 4.69) is 23.5 Å². The van der Waals surface area contributed by atoms with Crippen LogP contribution < -0.4 is 10.1 Å². The minimum atomic E-state index is -0.595. The van der Waals surface area contributed by atoms with Gasteiger partial charge in [0.1, 0.15) is 5.75 Å². The van der Waals surface area contributed by atoms with E-state index in [1.807, 2.05) is 18.2 Å². The molecule has 0 saturated heterocycles. The third kappa shape index (κ3) is 3.94. The van der Waals surface area contributed by atoms with Crippen molar-refractivity contribution in [3.05, 3.63) is 65.7 Å². The molecule has 2 aromatic rings. The van der Waals surface area contributed by atoms with Crippen molar-refractivity contribution in [3.8, 4) is 11.8 Å². The molecule has 2 atom stereocenters. The lowest BCUT2D eigenvalue weighted by Gasteiger charge is -2.22. The van der Waals surface area contributed by atoms with Gasteiger partial charge in [0.2, 0.25) is 0 Å². The molecular formula is C20H20N2O2. The third-order valence-corrected chi connectivity index (χ3v) is 4.22. The molecule has 1 fully saturated rings. The molecule has 0 bridgehead atoms. The van der Waals surface area contributed by atoms with Gasteiger partial charge in [0, 0.05) is 0 Å². The van der Waals surface area contributed by atoms with Gasteiger partial charge >= 0.3 is 0 Å². The van der Waals surface area contributed by atoms with Crippen molar-refractivity contribution in [1.82, 2.24) is 5.32 Å². The summed E-state index contributed by atoms with van der Waals surface area (Å²) in [5, 5.41) is 11.9. The Morgan fingerprint density at radius 3 is 2.42 bits per heavy atom. The van der Waals surface area contributed by atoms with E-state index in [-0.39, 0.29) is 11.9 Å². The molecular weight excluding hydrogens is 300 g/mol. The summed E-state index contributed by atoms with van der Waals surface area (Å²) in [5.41, 5.74) is 1.70. The fourth-order valence-electron chi connectivity index (χ4n) is 2.70. The second kappa shape index (κ2) is 7.18. The number of carbonyl (C=O) groups is 1. The molecule has 1 N–H and O–H groups in total. The predicted octanol–water partition coefficient (Wildman–Crippen LogP) is 3.59. The summed E-state index contributed by atoms with van der Waals surface area (Å²) in [7, 11) is 0. The molecule has 1 aliphatic carbocycles. The van der Waals surface area contributed by atoms with Gasteiger partial charge in [-0.2, -0.15) is 5.26 Å². The number of nitriles is 1. The highest BCUT2D eigenvalue weighted by Crippen LogP contribution is 2.41. The minimum Gasteiger partial charge on any atom is -0.481 e. The molecule has 3 rings (SSSR count). The zero-order chi connectivity index (χ0) is 16.9. The van der Waals surface area contributed by atoms with Gasteiger partial charge < -0.3 is 10.1 Å². The summed E-state index contributed by atoms with van der Waals surface area (Å²) < 4.78 is 5.69. The van der Waals surface area contributed by atoms with Gasteiger partial charge in [-0.1, -0.05) is 30.3 Å². The first-order chi connectivity index (χ1) is 11.7. The van der Waals surface area contributed by atoms with Crippen LogP contribution in [0.25, 0.3) is 0 Å². The predicted molar refractivity (Wildman–Crippen MR) is 91.3 cm³/mol. The zero-order valence-corrected chi connectivity index (χ0v) is 13.6. The molecule has 0 unspecified atom stereocenters. The Labute approximate surface area is 142 Å². The summed E-state index contributed by atoms with van der Waals surface area (Å²) in [6.07, 6.45) is 1.69. The second-order valence-corrected chi connectivity index (χ2v) is 6.13. The third-order valence-electron chi connectivity index (χ3n) is 4.22. The van der Waals surface area contributed by atoms with Crippen LogP contribution in [0.3, 0.4) is 0 Å². The van der Waals surface area contributed by atoms with Crippen molar-refractivity contribution in [2.45, 2.75) is 31.9 Å². The normalized spacial score (nSPS) is 15.8. The molecule has 0 aromatic heterocycles. The van der Waals surface area contributed by atoms with E-state index >= 15 is 0 Å². The molecule has 122 valence electrons. The van der Waals surface area contributed by atoms with E-state index < -0.39 is 6.10 Å². The highest BCUT2D eigenvalue weighted by molar-refractivity contribution is 5.81. The summed E-state index contributed by atoms with van der Waals surface area (Å²) >= 11 is 0. The maximum Gasteiger partial charge on any atom is 0.261 e. The van der Waals surface area contributed by atoms with Gasteiger partial charge in [0.05, 0.1) is 17.7 Å². The molecule has 0 spiro atoms. The standard InChI is InChI=1S/C20H20N2O2/c1-14(24-18-11-7-15(13-21)8-12-18)20(23)22-19(17-9-10-17)16-5-3-2-4-6-16/h2-8,11-12,14,17,19H,9-10H2,1H3,(H,22,23)/t14-,19+/m1/s1. The zero-order valence-electron chi connectivity index (χ0n) is 13.6. The van der Waals surface area contributed by atoms with Gasteiger partial charge in [0.25, 0.3) is 5.91 Å². The summed E-state index contributed by atoms with van der Waals surface area (Å²) in [6.45, 7) is 1.74. The van der Waals surface area contributed by atoms with Crippen molar-refractivity contribution in [2.75, 3.05) is 0 Å². The molecule has 1 saturated carbocycles. The van der Waals surface area contributed by atoms with Crippen LogP contribution >= 0.6 is 0 Å². The van der Waals surface area contributed by atoms with Crippen LogP contribution in [0.2, 0.25) is 0 Å². The lowest BCUT2D eigenvalue weighted by Crippen LogP contribution is -2.39. The van der Waals surface area contributed by atoms with Crippen LogP contribution in [-0.4, -0.2) is 12.0 Å². The van der Waals surface area contributed by atoms with Crippen LogP contribution in [-0.2, 0) is 4.79 Å². The topological polar surface area (TPSA) is 62.1 Å². The lowest BCUT2D eigenvalue weighted by atomic mass is 10.0. The molecule has 2 aromatic carbocycles. The van der Waals surface area contributed by atoms with Crippen LogP contribution in [0.1, 0.15) is 36.9 Å². The average Bonchev–Trinajstić information content (AvgIpc) is 3.45.